The molecule has 1 amide bonds. The summed E-state index contributed by atoms with van der Waals surface area (Å²) in [4.78, 5) is 67.5. The quantitative estimate of drug-likeness (QED) is 0.158. The summed E-state index contributed by atoms with van der Waals surface area (Å²) in [6, 6.07) is 15.1. The first-order valence-corrected chi connectivity index (χ1v) is 20.4. The van der Waals surface area contributed by atoms with Crippen LogP contribution in [0, 0.1) is 22.7 Å². The zero-order chi connectivity index (χ0) is 43.7. The van der Waals surface area contributed by atoms with Gasteiger partial charge in [0.2, 0.25) is 0 Å². The van der Waals surface area contributed by atoms with Gasteiger partial charge in [-0.1, -0.05) is 62.4 Å². The molecule has 2 bridgehead atoms. The number of hydrogen-bond acceptors (Lipinski definition) is 14. The highest BCUT2D eigenvalue weighted by atomic mass is 16.6. The lowest BCUT2D eigenvalue weighted by Gasteiger charge is -2.65. The maximum Gasteiger partial charge on any atom is 0.408 e. The van der Waals surface area contributed by atoms with E-state index in [9.17, 15) is 39.3 Å². The van der Waals surface area contributed by atoms with Gasteiger partial charge in [-0.15, -0.1) is 0 Å². The van der Waals surface area contributed by atoms with Crippen molar-refractivity contribution in [1.82, 2.24) is 5.32 Å². The van der Waals surface area contributed by atoms with Crippen LogP contribution in [-0.4, -0.2) is 105 Å². The first-order valence-electron chi connectivity index (χ1n) is 20.4. The van der Waals surface area contributed by atoms with Gasteiger partial charge in [0.05, 0.1) is 24.1 Å². The number of carbonyl (C=O) groups is 5. The monoisotopic (exact) mass is 833 g/mol. The van der Waals surface area contributed by atoms with Crippen molar-refractivity contribution in [2.75, 3.05) is 6.61 Å². The van der Waals surface area contributed by atoms with Crippen molar-refractivity contribution in [3.05, 3.63) is 82.9 Å². The molecule has 3 saturated carbocycles. The third kappa shape index (κ3) is 7.16. The van der Waals surface area contributed by atoms with Gasteiger partial charge in [-0.25, -0.2) is 14.4 Å². The molecular weight excluding hydrogens is 778 g/mol. The number of benzene rings is 2. The molecule has 2 aromatic rings. The SMILES string of the molecule is CC(=O)O[C@@H]1C2=C(C)[C@@H](OC(=O)[C@H](O)[C@@H](NC(=O)OC(C)(C)C)c3ccccc3)C[C@@](O)([C@@H](OC(=O)c3ccccc3)[C@@H]3[C@]4(OC(C)=O)CO[C@@H]4C[C@@H]4C[C@@]43[C@H]1O)C2(C)C. The van der Waals surface area contributed by atoms with Crippen LogP contribution in [0.4, 0.5) is 4.79 Å². The second kappa shape index (κ2) is 15.3. The highest BCUT2D eigenvalue weighted by molar-refractivity contribution is 5.89. The van der Waals surface area contributed by atoms with E-state index < -0.39 is 113 Å². The maximum atomic E-state index is 14.3. The molecule has 2 aromatic carbocycles. The highest BCUT2D eigenvalue weighted by Crippen LogP contribution is 2.75. The molecule has 4 fully saturated rings. The lowest BCUT2D eigenvalue weighted by Crippen LogP contribution is -2.78. The Morgan fingerprint density at radius 1 is 0.900 bits per heavy atom. The van der Waals surface area contributed by atoms with Crippen LogP contribution in [-0.2, 0) is 42.8 Å². The Balaban J connectivity index is 1.37. The fraction of sp³-hybridized carbons (Fsp3) is 0.578. The Morgan fingerprint density at radius 2 is 1.53 bits per heavy atom. The Hall–Kier alpha value is -4.83. The predicted octanol–water partition coefficient (Wildman–Crippen LogP) is 4.26. The molecule has 1 heterocycles. The van der Waals surface area contributed by atoms with E-state index in [1.54, 1.807) is 102 Å². The number of hydrogen-bond donors (Lipinski definition) is 4. The van der Waals surface area contributed by atoms with Crippen LogP contribution >= 0.6 is 0 Å². The minimum atomic E-state index is -2.20. The fourth-order valence-corrected chi connectivity index (χ4v) is 10.7. The summed E-state index contributed by atoms with van der Waals surface area (Å²) >= 11 is 0. The fourth-order valence-electron chi connectivity index (χ4n) is 10.7. The van der Waals surface area contributed by atoms with E-state index in [0.717, 1.165) is 0 Å². The highest BCUT2D eigenvalue weighted by Gasteiger charge is 2.83. The van der Waals surface area contributed by atoms with Crippen LogP contribution in [0.1, 0.15) is 96.6 Å². The Bertz CT molecular complexity index is 2060. The van der Waals surface area contributed by atoms with Crippen LogP contribution in [0.5, 0.6) is 0 Å². The lowest BCUT2D eigenvalue weighted by atomic mass is 9.48. The van der Waals surface area contributed by atoms with Gasteiger partial charge < -0.3 is 49.1 Å². The minimum absolute atomic E-state index is 0.130. The number of carbonyl (C=O) groups excluding carboxylic acids is 5. The summed E-state index contributed by atoms with van der Waals surface area (Å²) in [5.41, 5.74) is -6.23. The molecule has 12 atom stereocenters. The second-order valence-electron chi connectivity index (χ2n) is 18.5. The molecule has 0 aromatic heterocycles. The maximum absolute atomic E-state index is 14.3. The van der Waals surface area contributed by atoms with Gasteiger partial charge in [0.25, 0.3) is 0 Å². The van der Waals surface area contributed by atoms with E-state index in [1.165, 1.54) is 13.8 Å². The van der Waals surface area contributed by atoms with Crippen LogP contribution in [0.2, 0.25) is 0 Å². The molecule has 1 saturated heterocycles. The van der Waals surface area contributed by atoms with Crippen LogP contribution in [0.3, 0.4) is 0 Å². The summed E-state index contributed by atoms with van der Waals surface area (Å²) in [7, 11) is 0. The Morgan fingerprint density at radius 3 is 2.10 bits per heavy atom. The number of esters is 4. The van der Waals surface area contributed by atoms with Gasteiger partial charge in [0.15, 0.2) is 17.8 Å². The zero-order valence-electron chi connectivity index (χ0n) is 35.1. The number of fused-ring (bicyclic) bond motifs is 4. The number of aliphatic hydroxyl groups is 3. The van der Waals surface area contributed by atoms with Gasteiger partial charge in [-0.3, -0.25) is 9.59 Å². The van der Waals surface area contributed by atoms with Gasteiger partial charge >= 0.3 is 30.0 Å². The molecule has 15 nitrogen and oxygen atoms in total. The molecule has 324 valence electrons. The minimum Gasteiger partial charge on any atom is -0.456 e. The number of ether oxygens (including phenoxy) is 6. The molecule has 4 aliphatic carbocycles. The van der Waals surface area contributed by atoms with E-state index in [-0.39, 0.29) is 23.7 Å². The van der Waals surface area contributed by atoms with E-state index >= 15 is 0 Å². The molecule has 0 radical (unpaired) electrons. The van der Waals surface area contributed by atoms with Gasteiger partial charge in [0.1, 0.15) is 35.6 Å². The first kappa shape index (κ1) is 43.3. The summed E-state index contributed by atoms with van der Waals surface area (Å²) < 4.78 is 36.3. The van der Waals surface area contributed by atoms with Crippen molar-refractivity contribution in [3.8, 4) is 0 Å². The van der Waals surface area contributed by atoms with Gasteiger partial charge in [0, 0.05) is 31.1 Å². The van der Waals surface area contributed by atoms with E-state index in [1.807, 2.05) is 0 Å². The zero-order valence-corrected chi connectivity index (χ0v) is 35.1. The molecule has 7 rings (SSSR count). The number of rotatable bonds is 9. The summed E-state index contributed by atoms with van der Waals surface area (Å²) in [6.45, 7) is 12.3. The third-order valence-corrected chi connectivity index (χ3v) is 13.4. The Labute approximate surface area is 348 Å². The van der Waals surface area contributed by atoms with Crippen LogP contribution in [0.25, 0.3) is 0 Å². The first-order chi connectivity index (χ1) is 28.1. The van der Waals surface area contributed by atoms with Gasteiger partial charge in [-0.05, 0) is 75.3 Å². The third-order valence-electron chi connectivity index (χ3n) is 13.4. The smallest absolute Gasteiger partial charge is 0.408 e. The topological polar surface area (TPSA) is 213 Å². The van der Waals surface area contributed by atoms with E-state index in [4.69, 9.17) is 28.4 Å². The lowest BCUT2D eigenvalue weighted by molar-refractivity contribution is -0.335. The van der Waals surface area contributed by atoms with Crippen molar-refractivity contribution < 1.29 is 67.7 Å². The number of nitrogens with one attached hydrogen (secondary N) is 1. The predicted molar refractivity (Wildman–Crippen MR) is 211 cm³/mol. The molecule has 0 unspecified atom stereocenters. The molecule has 60 heavy (non-hydrogen) atoms. The molecule has 1 spiro atoms. The summed E-state index contributed by atoms with van der Waals surface area (Å²) in [6.07, 6.45) is -9.12. The Kier molecular flexibility index (Phi) is 11.0. The largest absolute Gasteiger partial charge is 0.456 e. The summed E-state index contributed by atoms with van der Waals surface area (Å²) in [5.74, 6) is -4.77. The summed E-state index contributed by atoms with van der Waals surface area (Å²) in [5, 5.41) is 40.8. The van der Waals surface area contributed by atoms with Crippen LogP contribution < -0.4 is 5.32 Å². The number of amides is 1. The van der Waals surface area contributed by atoms with Crippen molar-refractivity contribution >= 4 is 30.0 Å². The van der Waals surface area contributed by atoms with Crippen molar-refractivity contribution in [1.29, 1.82) is 0 Å². The second-order valence-corrected chi connectivity index (χ2v) is 18.5. The number of alkyl carbamates (subject to hydrolysis) is 1. The van der Waals surface area contributed by atoms with E-state index in [0.29, 0.717) is 24.0 Å². The molecular formula is C45H55NO14. The molecule has 1 aliphatic heterocycles. The standard InChI is InChI=1S/C45H55NO14/c1-23-29(57-39(52)33(49)32(26-15-11-9-12-16-26)46-40(53)60-41(4,5)6)21-45(54)37(58-38(51)27-17-13-10-14-18-27)35-43(36(50)34(56-24(2)47)31(23)42(45,7)8)20-28(43)19-30-44(35,22-55-30)59-25(3)48/h9-18,28-30,32-37,49-50,54H,19-22H2,1-8H3,(H,46,53)/t28-,29+,30-,32+,33-,34-,35+,36+,37+,43-,44+,45-/m1/s1. The van der Waals surface area contributed by atoms with Gasteiger partial charge in [-0.2, -0.15) is 0 Å². The normalized spacial score (nSPS) is 34.5. The van der Waals surface area contributed by atoms with Crippen molar-refractivity contribution in [2.24, 2.45) is 22.7 Å². The number of aliphatic hydroxyl groups excluding tert-OH is 2. The van der Waals surface area contributed by atoms with Crippen LogP contribution in [0.15, 0.2) is 71.8 Å². The van der Waals surface area contributed by atoms with Crippen molar-refractivity contribution in [2.45, 2.75) is 134 Å². The molecule has 4 N–H and O–H groups in total. The molecule has 15 heteroatoms. The van der Waals surface area contributed by atoms with E-state index in [2.05, 4.69) is 5.32 Å². The average Bonchev–Trinajstić information content (AvgIpc) is 3.90. The average molecular weight is 834 g/mol. The molecule has 5 aliphatic rings. The van der Waals surface area contributed by atoms with Crippen molar-refractivity contribution in [3.63, 3.8) is 0 Å².